The van der Waals surface area contributed by atoms with Crippen LogP contribution in [0.15, 0.2) is 24.3 Å². The predicted octanol–water partition coefficient (Wildman–Crippen LogP) is 1.38. The number of nitrogens with two attached hydrogens (primary N) is 1. The third kappa shape index (κ3) is 2.60. The molecule has 0 radical (unpaired) electrons. The van der Waals surface area contributed by atoms with Crippen molar-refractivity contribution < 1.29 is 0 Å². The lowest BCUT2D eigenvalue weighted by Gasteiger charge is -2.01. The molecule has 1 aromatic rings. The van der Waals surface area contributed by atoms with E-state index in [1.807, 2.05) is 24.3 Å². The minimum absolute atomic E-state index is 0.824. The van der Waals surface area contributed by atoms with Gasteiger partial charge in [-0.2, -0.15) is 0 Å². The van der Waals surface area contributed by atoms with Crippen LogP contribution in [0.1, 0.15) is 12.5 Å². The molecule has 1 aromatic carbocycles. The second-order valence-electron chi connectivity index (χ2n) is 2.52. The molecule has 0 aliphatic heterocycles. The first-order valence-corrected chi connectivity index (χ1v) is 3.88. The molecule has 0 atom stereocenters. The van der Waals surface area contributed by atoms with Crippen molar-refractivity contribution in [3.05, 3.63) is 29.8 Å². The van der Waals surface area contributed by atoms with E-state index in [1.54, 1.807) is 0 Å². The smallest absolute Gasteiger partial charge is 0.0314 e. The summed E-state index contributed by atoms with van der Waals surface area (Å²) in [7, 11) is 0. The Bertz CT molecular complexity index is 203. The zero-order valence-electron chi connectivity index (χ0n) is 6.80. The number of benzene rings is 1. The quantitative estimate of drug-likeness (QED) is 0.639. The summed E-state index contributed by atoms with van der Waals surface area (Å²) in [6.07, 6.45) is 0. The van der Waals surface area contributed by atoms with Gasteiger partial charge in [0.1, 0.15) is 0 Å². The second kappa shape index (κ2) is 3.98. The van der Waals surface area contributed by atoms with Gasteiger partial charge >= 0.3 is 0 Å². The van der Waals surface area contributed by atoms with Gasteiger partial charge in [0.15, 0.2) is 0 Å². The first-order chi connectivity index (χ1) is 5.33. The van der Waals surface area contributed by atoms with E-state index in [0.29, 0.717) is 0 Å². The van der Waals surface area contributed by atoms with Crippen LogP contribution in [0.2, 0.25) is 0 Å². The van der Waals surface area contributed by atoms with Gasteiger partial charge in [-0.3, -0.25) is 0 Å². The lowest BCUT2D eigenvalue weighted by molar-refractivity contribution is 0.727. The predicted molar refractivity (Wildman–Crippen MR) is 48.2 cm³/mol. The first-order valence-electron chi connectivity index (χ1n) is 3.88. The molecule has 60 valence electrons. The molecule has 2 nitrogen and oxygen atoms in total. The summed E-state index contributed by atoms with van der Waals surface area (Å²) in [5, 5.41) is 3.24. The van der Waals surface area contributed by atoms with Crippen molar-refractivity contribution in [2.24, 2.45) is 0 Å². The van der Waals surface area contributed by atoms with Crippen LogP contribution < -0.4 is 11.1 Å². The highest BCUT2D eigenvalue weighted by molar-refractivity contribution is 5.39. The molecule has 0 amide bonds. The van der Waals surface area contributed by atoms with Crippen LogP contribution in [-0.2, 0) is 6.54 Å². The third-order valence-electron chi connectivity index (χ3n) is 1.56. The molecular weight excluding hydrogens is 136 g/mol. The van der Waals surface area contributed by atoms with Gasteiger partial charge in [-0.25, -0.2) is 0 Å². The molecule has 0 fully saturated rings. The monoisotopic (exact) mass is 150 g/mol. The summed E-state index contributed by atoms with van der Waals surface area (Å²) in [5.74, 6) is 0. The van der Waals surface area contributed by atoms with Gasteiger partial charge in [0, 0.05) is 12.2 Å². The Kier molecular flexibility index (Phi) is 2.93. The molecule has 0 aliphatic carbocycles. The van der Waals surface area contributed by atoms with E-state index in [1.165, 1.54) is 5.56 Å². The van der Waals surface area contributed by atoms with Crippen LogP contribution in [0.25, 0.3) is 0 Å². The molecule has 0 heterocycles. The maximum absolute atomic E-state index is 5.53. The molecule has 0 saturated carbocycles. The summed E-state index contributed by atoms with van der Waals surface area (Å²) >= 11 is 0. The fourth-order valence-corrected chi connectivity index (χ4v) is 0.905. The molecule has 3 N–H and O–H groups in total. The van der Waals surface area contributed by atoms with Crippen LogP contribution in [0.4, 0.5) is 5.69 Å². The average Bonchev–Trinajstić information content (AvgIpc) is 2.04. The Morgan fingerprint density at radius 1 is 1.27 bits per heavy atom. The van der Waals surface area contributed by atoms with Gasteiger partial charge in [0.25, 0.3) is 0 Å². The van der Waals surface area contributed by atoms with Crippen molar-refractivity contribution in [2.75, 3.05) is 12.3 Å². The maximum Gasteiger partial charge on any atom is 0.0314 e. The van der Waals surface area contributed by atoms with E-state index in [9.17, 15) is 0 Å². The lowest BCUT2D eigenvalue weighted by atomic mass is 10.2. The SMILES string of the molecule is CCNCc1ccc(N)cc1. The Balaban J connectivity index is 2.52. The Hall–Kier alpha value is -1.02. The van der Waals surface area contributed by atoms with E-state index in [-0.39, 0.29) is 0 Å². The van der Waals surface area contributed by atoms with Gasteiger partial charge in [0.2, 0.25) is 0 Å². The molecular formula is C9H14N2. The first kappa shape index (κ1) is 8.08. The highest BCUT2D eigenvalue weighted by atomic mass is 14.8. The van der Waals surface area contributed by atoms with Gasteiger partial charge in [-0.05, 0) is 24.2 Å². The number of hydrogen-bond donors (Lipinski definition) is 2. The highest BCUT2D eigenvalue weighted by Crippen LogP contribution is 2.04. The summed E-state index contributed by atoms with van der Waals surface area (Å²) in [5.41, 5.74) is 7.64. The summed E-state index contributed by atoms with van der Waals surface area (Å²) in [6.45, 7) is 4.03. The van der Waals surface area contributed by atoms with E-state index >= 15 is 0 Å². The van der Waals surface area contributed by atoms with Crippen LogP contribution in [-0.4, -0.2) is 6.54 Å². The molecule has 0 saturated heterocycles. The molecule has 0 bridgehead atoms. The fraction of sp³-hybridized carbons (Fsp3) is 0.333. The Morgan fingerprint density at radius 3 is 2.45 bits per heavy atom. The van der Waals surface area contributed by atoms with Gasteiger partial charge in [-0.1, -0.05) is 19.1 Å². The topological polar surface area (TPSA) is 38.0 Å². The van der Waals surface area contributed by atoms with Gasteiger partial charge in [0.05, 0.1) is 0 Å². The molecule has 1 rings (SSSR count). The second-order valence-corrected chi connectivity index (χ2v) is 2.52. The van der Waals surface area contributed by atoms with E-state index in [2.05, 4.69) is 12.2 Å². The largest absolute Gasteiger partial charge is 0.399 e. The summed E-state index contributed by atoms with van der Waals surface area (Å²) < 4.78 is 0. The highest BCUT2D eigenvalue weighted by Gasteiger charge is 1.89. The molecule has 0 spiro atoms. The van der Waals surface area contributed by atoms with Crippen molar-refractivity contribution in [1.29, 1.82) is 0 Å². The molecule has 0 aliphatic rings. The zero-order valence-corrected chi connectivity index (χ0v) is 6.80. The summed E-state index contributed by atoms with van der Waals surface area (Å²) in [6, 6.07) is 7.93. The molecule has 0 unspecified atom stereocenters. The fourth-order valence-electron chi connectivity index (χ4n) is 0.905. The standard InChI is InChI=1S/C9H14N2/c1-2-11-7-8-3-5-9(10)6-4-8/h3-6,11H,2,7,10H2,1H3. The van der Waals surface area contributed by atoms with Crippen LogP contribution >= 0.6 is 0 Å². The van der Waals surface area contributed by atoms with Crippen LogP contribution in [0.5, 0.6) is 0 Å². The third-order valence-corrected chi connectivity index (χ3v) is 1.56. The number of nitrogens with one attached hydrogen (secondary N) is 1. The Morgan fingerprint density at radius 2 is 1.91 bits per heavy atom. The zero-order chi connectivity index (χ0) is 8.10. The maximum atomic E-state index is 5.53. The molecule has 2 heteroatoms. The van der Waals surface area contributed by atoms with Crippen LogP contribution in [0.3, 0.4) is 0 Å². The molecule has 0 aromatic heterocycles. The normalized spacial score (nSPS) is 9.91. The van der Waals surface area contributed by atoms with E-state index in [4.69, 9.17) is 5.73 Å². The summed E-state index contributed by atoms with van der Waals surface area (Å²) in [4.78, 5) is 0. The van der Waals surface area contributed by atoms with E-state index < -0.39 is 0 Å². The minimum Gasteiger partial charge on any atom is -0.399 e. The lowest BCUT2D eigenvalue weighted by Crippen LogP contribution is -2.11. The minimum atomic E-state index is 0.824. The molecule has 11 heavy (non-hydrogen) atoms. The van der Waals surface area contributed by atoms with Crippen molar-refractivity contribution in [3.63, 3.8) is 0 Å². The van der Waals surface area contributed by atoms with E-state index in [0.717, 1.165) is 18.8 Å². The number of hydrogen-bond acceptors (Lipinski definition) is 2. The van der Waals surface area contributed by atoms with Crippen molar-refractivity contribution in [2.45, 2.75) is 13.5 Å². The van der Waals surface area contributed by atoms with Crippen molar-refractivity contribution in [1.82, 2.24) is 5.32 Å². The number of anilines is 1. The average molecular weight is 150 g/mol. The van der Waals surface area contributed by atoms with Gasteiger partial charge in [-0.15, -0.1) is 0 Å². The number of nitrogen functional groups attached to an aromatic ring is 1. The van der Waals surface area contributed by atoms with Gasteiger partial charge < -0.3 is 11.1 Å². The van der Waals surface area contributed by atoms with Crippen molar-refractivity contribution in [3.8, 4) is 0 Å². The van der Waals surface area contributed by atoms with Crippen molar-refractivity contribution >= 4 is 5.69 Å². The van der Waals surface area contributed by atoms with Crippen LogP contribution in [0, 0.1) is 0 Å². The Labute approximate surface area is 67.4 Å². The number of rotatable bonds is 3.